The van der Waals surface area contributed by atoms with Crippen LogP contribution in [0, 0.1) is 0 Å². The van der Waals surface area contributed by atoms with Gasteiger partial charge in [0, 0.05) is 6.20 Å². The number of carboxylic acids is 1. The van der Waals surface area contributed by atoms with Gasteiger partial charge in [-0.15, -0.1) is 0 Å². The number of imidazole rings is 1. The summed E-state index contributed by atoms with van der Waals surface area (Å²) in [6, 6.07) is 7.55. The topological polar surface area (TPSA) is 64.3 Å². The highest BCUT2D eigenvalue weighted by Crippen LogP contribution is 2.36. The van der Waals surface area contributed by atoms with E-state index in [9.17, 15) is 4.79 Å². The number of para-hydroxylation sites is 2. The SMILES string of the molecule is CCC1Oc2ccccc2-n2cc(C(=O)O)nc21. The van der Waals surface area contributed by atoms with Crippen molar-refractivity contribution in [3.8, 4) is 11.4 Å². The molecule has 2 heterocycles. The largest absolute Gasteiger partial charge is 0.480 e. The number of rotatable bonds is 2. The van der Waals surface area contributed by atoms with E-state index in [1.807, 2.05) is 31.2 Å². The number of hydrogen-bond donors (Lipinski definition) is 1. The Morgan fingerprint density at radius 1 is 1.50 bits per heavy atom. The van der Waals surface area contributed by atoms with E-state index >= 15 is 0 Å². The zero-order valence-corrected chi connectivity index (χ0v) is 9.83. The van der Waals surface area contributed by atoms with Crippen LogP contribution < -0.4 is 4.74 Å². The molecule has 0 bridgehead atoms. The maximum absolute atomic E-state index is 11.0. The van der Waals surface area contributed by atoms with E-state index < -0.39 is 5.97 Å². The average Bonchev–Trinajstić information content (AvgIpc) is 2.83. The Morgan fingerprint density at radius 3 is 3.00 bits per heavy atom. The number of aromatic nitrogens is 2. The highest BCUT2D eigenvalue weighted by molar-refractivity contribution is 5.85. The van der Waals surface area contributed by atoms with Gasteiger partial charge in [-0.1, -0.05) is 19.1 Å². The second-order valence-corrected chi connectivity index (χ2v) is 4.14. The zero-order valence-electron chi connectivity index (χ0n) is 9.83. The van der Waals surface area contributed by atoms with Gasteiger partial charge < -0.3 is 9.84 Å². The maximum atomic E-state index is 11.0. The number of carbonyl (C=O) groups is 1. The summed E-state index contributed by atoms with van der Waals surface area (Å²) in [5, 5.41) is 9.02. The van der Waals surface area contributed by atoms with Crippen molar-refractivity contribution in [2.45, 2.75) is 19.4 Å². The third kappa shape index (κ3) is 1.48. The van der Waals surface area contributed by atoms with Crippen LogP contribution in [0.1, 0.15) is 35.8 Å². The van der Waals surface area contributed by atoms with Crippen molar-refractivity contribution in [3.05, 3.63) is 42.0 Å². The first-order valence-corrected chi connectivity index (χ1v) is 5.79. The first-order valence-electron chi connectivity index (χ1n) is 5.79. The van der Waals surface area contributed by atoms with E-state index in [0.29, 0.717) is 5.82 Å². The molecule has 1 aliphatic heterocycles. The van der Waals surface area contributed by atoms with Gasteiger partial charge in [-0.2, -0.15) is 0 Å². The highest BCUT2D eigenvalue weighted by atomic mass is 16.5. The van der Waals surface area contributed by atoms with Crippen molar-refractivity contribution in [2.75, 3.05) is 0 Å². The number of benzene rings is 1. The molecule has 0 saturated heterocycles. The number of nitrogens with zero attached hydrogens (tertiary/aromatic N) is 2. The summed E-state index contributed by atoms with van der Waals surface area (Å²) in [7, 11) is 0. The van der Waals surface area contributed by atoms with Crippen LogP contribution in [0.3, 0.4) is 0 Å². The molecule has 0 aliphatic carbocycles. The Balaban J connectivity index is 2.22. The lowest BCUT2D eigenvalue weighted by molar-refractivity contribution is 0.0690. The number of hydrogen-bond acceptors (Lipinski definition) is 3. The molecule has 2 aromatic rings. The highest BCUT2D eigenvalue weighted by Gasteiger charge is 2.28. The molecule has 0 fully saturated rings. The standard InChI is InChI=1S/C13H12N2O3/c1-2-10-12-14-8(13(16)17)7-15(12)9-5-3-4-6-11(9)18-10/h3-7,10H,2H2,1H3,(H,16,17). The van der Waals surface area contributed by atoms with E-state index in [2.05, 4.69) is 4.98 Å². The Hall–Kier alpha value is -2.30. The minimum absolute atomic E-state index is 0.0451. The van der Waals surface area contributed by atoms with E-state index in [-0.39, 0.29) is 11.8 Å². The minimum Gasteiger partial charge on any atom is -0.480 e. The van der Waals surface area contributed by atoms with Crippen LogP contribution in [-0.4, -0.2) is 20.6 Å². The maximum Gasteiger partial charge on any atom is 0.356 e. The van der Waals surface area contributed by atoms with E-state index in [1.54, 1.807) is 10.8 Å². The molecule has 1 aromatic carbocycles. The van der Waals surface area contributed by atoms with Gasteiger partial charge in [0.05, 0.1) is 5.69 Å². The van der Waals surface area contributed by atoms with Crippen LogP contribution in [0.5, 0.6) is 5.75 Å². The molecular formula is C13H12N2O3. The first-order chi connectivity index (χ1) is 8.70. The summed E-state index contributed by atoms with van der Waals surface area (Å²) in [5.41, 5.74) is 0.876. The molecule has 1 unspecified atom stereocenters. The van der Waals surface area contributed by atoms with Gasteiger partial charge in [0.15, 0.2) is 17.6 Å². The van der Waals surface area contributed by atoms with Crippen molar-refractivity contribution >= 4 is 5.97 Å². The zero-order chi connectivity index (χ0) is 12.7. The molecule has 3 rings (SSSR count). The second-order valence-electron chi connectivity index (χ2n) is 4.14. The smallest absolute Gasteiger partial charge is 0.356 e. The third-order valence-electron chi connectivity index (χ3n) is 3.01. The van der Waals surface area contributed by atoms with E-state index in [4.69, 9.17) is 9.84 Å². The fourth-order valence-electron chi connectivity index (χ4n) is 2.15. The molecule has 92 valence electrons. The molecule has 0 saturated carbocycles. The first kappa shape index (κ1) is 10.8. The predicted octanol–water partition coefficient (Wildman–Crippen LogP) is 2.41. The number of carboxylic acid groups (broad SMARTS) is 1. The van der Waals surface area contributed by atoms with Crippen molar-refractivity contribution in [1.82, 2.24) is 9.55 Å². The fraction of sp³-hybridized carbons (Fsp3) is 0.231. The quantitative estimate of drug-likeness (QED) is 0.881. The van der Waals surface area contributed by atoms with Gasteiger partial charge in [0.25, 0.3) is 0 Å². The molecule has 1 N–H and O–H groups in total. The lowest BCUT2D eigenvalue weighted by Gasteiger charge is -2.25. The van der Waals surface area contributed by atoms with Gasteiger partial charge in [-0.25, -0.2) is 9.78 Å². The number of fused-ring (bicyclic) bond motifs is 3. The normalized spacial score (nSPS) is 16.6. The Labute approximate surface area is 104 Å². The van der Waals surface area contributed by atoms with Crippen LogP contribution in [0.25, 0.3) is 5.69 Å². The Bertz CT molecular complexity index is 618. The molecule has 1 aromatic heterocycles. The number of ether oxygens (including phenoxy) is 1. The summed E-state index contributed by atoms with van der Waals surface area (Å²) in [6.45, 7) is 1.98. The summed E-state index contributed by atoms with van der Waals surface area (Å²) in [6.07, 6.45) is 2.08. The Morgan fingerprint density at radius 2 is 2.28 bits per heavy atom. The molecule has 0 radical (unpaired) electrons. The minimum atomic E-state index is -1.02. The van der Waals surface area contributed by atoms with Crippen LogP contribution in [0.15, 0.2) is 30.5 Å². The molecule has 0 spiro atoms. The van der Waals surface area contributed by atoms with E-state index in [0.717, 1.165) is 17.9 Å². The van der Waals surface area contributed by atoms with Gasteiger partial charge in [0.1, 0.15) is 5.75 Å². The monoisotopic (exact) mass is 244 g/mol. The predicted molar refractivity (Wildman–Crippen MR) is 64.2 cm³/mol. The lowest BCUT2D eigenvalue weighted by Crippen LogP contribution is -2.18. The molecule has 5 heteroatoms. The fourth-order valence-corrected chi connectivity index (χ4v) is 2.15. The second kappa shape index (κ2) is 3.87. The lowest BCUT2D eigenvalue weighted by atomic mass is 10.2. The van der Waals surface area contributed by atoms with Gasteiger partial charge in [-0.05, 0) is 18.6 Å². The summed E-state index contributed by atoms with van der Waals surface area (Å²) in [5.74, 6) is 0.379. The van der Waals surface area contributed by atoms with Crippen LogP contribution >= 0.6 is 0 Å². The Kier molecular flexibility index (Phi) is 2.33. The third-order valence-corrected chi connectivity index (χ3v) is 3.01. The van der Waals surface area contributed by atoms with Crippen LogP contribution in [0.4, 0.5) is 0 Å². The summed E-state index contributed by atoms with van der Waals surface area (Å²) >= 11 is 0. The van der Waals surface area contributed by atoms with Crippen LogP contribution in [0.2, 0.25) is 0 Å². The summed E-state index contributed by atoms with van der Waals surface area (Å²) in [4.78, 5) is 15.1. The summed E-state index contributed by atoms with van der Waals surface area (Å²) < 4.78 is 7.63. The van der Waals surface area contributed by atoms with Gasteiger partial charge in [0.2, 0.25) is 0 Å². The van der Waals surface area contributed by atoms with Gasteiger partial charge in [-0.3, -0.25) is 4.57 Å². The molecule has 1 atom stereocenters. The molecule has 0 amide bonds. The van der Waals surface area contributed by atoms with E-state index in [1.165, 1.54) is 0 Å². The van der Waals surface area contributed by atoms with Crippen molar-refractivity contribution in [1.29, 1.82) is 0 Å². The number of aromatic carboxylic acids is 1. The van der Waals surface area contributed by atoms with Crippen molar-refractivity contribution < 1.29 is 14.6 Å². The van der Waals surface area contributed by atoms with Crippen molar-refractivity contribution in [3.63, 3.8) is 0 Å². The van der Waals surface area contributed by atoms with Crippen LogP contribution in [-0.2, 0) is 0 Å². The molecule has 1 aliphatic rings. The molecular weight excluding hydrogens is 232 g/mol. The van der Waals surface area contributed by atoms with Crippen molar-refractivity contribution in [2.24, 2.45) is 0 Å². The average molecular weight is 244 g/mol. The molecule has 18 heavy (non-hydrogen) atoms. The molecule has 5 nitrogen and oxygen atoms in total. The van der Waals surface area contributed by atoms with Gasteiger partial charge >= 0.3 is 5.97 Å².